The maximum Gasteiger partial charge on any atom is 0.236 e. The van der Waals surface area contributed by atoms with Crippen LogP contribution in [0.25, 0.3) is 10.8 Å². The molecule has 0 aliphatic carbocycles. The number of nitrogens with two attached hydrogens (primary N) is 1. The van der Waals surface area contributed by atoms with Crippen LogP contribution >= 0.6 is 11.3 Å². The molecule has 0 saturated heterocycles. The van der Waals surface area contributed by atoms with E-state index in [1.165, 1.54) is 4.88 Å². The summed E-state index contributed by atoms with van der Waals surface area (Å²) in [4.78, 5) is 6.54. The summed E-state index contributed by atoms with van der Waals surface area (Å²) in [7, 11) is 0. The second kappa shape index (κ2) is 3.94. The van der Waals surface area contributed by atoms with E-state index in [9.17, 15) is 0 Å². The zero-order valence-electron chi connectivity index (χ0n) is 7.99. The van der Waals surface area contributed by atoms with Gasteiger partial charge >= 0.3 is 0 Å². The molecule has 0 bridgehead atoms. The fourth-order valence-electron chi connectivity index (χ4n) is 1.23. The van der Waals surface area contributed by atoms with Crippen molar-refractivity contribution in [3.8, 4) is 10.8 Å². The third-order valence-corrected chi connectivity index (χ3v) is 2.88. The molecule has 2 heterocycles. The molecule has 2 aromatic rings. The minimum absolute atomic E-state index is 0.595. The first kappa shape index (κ1) is 9.43. The Bertz CT molecular complexity index is 419. The largest absolute Gasteiger partial charge is 0.440 e. The number of aryl methyl sites for hydroxylation is 1. The van der Waals surface area contributed by atoms with Crippen LogP contribution in [0, 0.1) is 6.92 Å². The lowest BCUT2D eigenvalue weighted by atomic mass is 10.4. The van der Waals surface area contributed by atoms with Crippen molar-refractivity contribution in [2.24, 2.45) is 5.73 Å². The summed E-state index contributed by atoms with van der Waals surface area (Å²) in [6.07, 6.45) is 2.49. The second-order valence-corrected chi connectivity index (χ2v) is 4.37. The van der Waals surface area contributed by atoms with E-state index in [2.05, 4.69) is 18.0 Å². The Morgan fingerprint density at radius 2 is 2.36 bits per heavy atom. The Morgan fingerprint density at radius 3 is 3.00 bits per heavy atom. The number of hydrogen-bond donors (Lipinski definition) is 1. The highest BCUT2D eigenvalue weighted by atomic mass is 32.1. The van der Waals surface area contributed by atoms with Crippen LogP contribution in [-0.2, 0) is 6.42 Å². The third kappa shape index (κ3) is 1.86. The Hall–Kier alpha value is -1.13. The fourth-order valence-corrected chi connectivity index (χ4v) is 2.03. The number of hydrogen-bond acceptors (Lipinski definition) is 4. The number of rotatable bonds is 3. The van der Waals surface area contributed by atoms with Crippen LogP contribution in [0.1, 0.15) is 10.6 Å². The predicted molar refractivity (Wildman–Crippen MR) is 57.3 cm³/mol. The normalized spacial score (nSPS) is 10.7. The smallest absolute Gasteiger partial charge is 0.236 e. The van der Waals surface area contributed by atoms with Crippen molar-refractivity contribution in [3.63, 3.8) is 0 Å². The molecule has 74 valence electrons. The highest BCUT2D eigenvalue weighted by Gasteiger charge is 2.07. The molecule has 3 nitrogen and oxygen atoms in total. The van der Waals surface area contributed by atoms with Crippen LogP contribution in [0.5, 0.6) is 0 Å². The Morgan fingerprint density at radius 1 is 1.50 bits per heavy atom. The highest BCUT2D eigenvalue weighted by Crippen LogP contribution is 2.26. The minimum atomic E-state index is 0.595. The molecule has 0 aliphatic heterocycles. The van der Waals surface area contributed by atoms with Crippen molar-refractivity contribution in [2.75, 3.05) is 6.54 Å². The van der Waals surface area contributed by atoms with Crippen molar-refractivity contribution < 1.29 is 4.42 Å². The van der Waals surface area contributed by atoms with Gasteiger partial charge in [0.2, 0.25) is 5.89 Å². The van der Waals surface area contributed by atoms with E-state index < -0.39 is 0 Å². The predicted octanol–water partition coefficient (Wildman–Crippen LogP) is 2.21. The molecule has 0 spiro atoms. The van der Waals surface area contributed by atoms with Gasteiger partial charge in [-0.2, -0.15) is 0 Å². The van der Waals surface area contributed by atoms with Crippen LogP contribution in [0.2, 0.25) is 0 Å². The maximum absolute atomic E-state index is 5.54. The van der Waals surface area contributed by atoms with Gasteiger partial charge in [-0.1, -0.05) is 0 Å². The molecular formula is C10H12N2OS. The van der Waals surface area contributed by atoms with Crippen molar-refractivity contribution in [1.82, 2.24) is 4.98 Å². The molecule has 14 heavy (non-hydrogen) atoms. The lowest BCUT2D eigenvalue weighted by molar-refractivity contribution is 0.520. The van der Waals surface area contributed by atoms with Gasteiger partial charge < -0.3 is 10.2 Å². The molecule has 0 aromatic carbocycles. The van der Waals surface area contributed by atoms with Gasteiger partial charge in [0.15, 0.2) is 0 Å². The van der Waals surface area contributed by atoms with Crippen molar-refractivity contribution in [1.29, 1.82) is 0 Å². The molecule has 0 radical (unpaired) electrons. The van der Waals surface area contributed by atoms with Gasteiger partial charge in [0.1, 0.15) is 5.76 Å². The summed E-state index contributed by atoms with van der Waals surface area (Å²) in [5.41, 5.74) is 5.43. The molecule has 2 rings (SSSR count). The monoisotopic (exact) mass is 208 g/mol. The average Bonchev–Trinajstić information content (AvgIpc) is 2.74. The van der Waals surface area contributed by atoms with Crippen molar-refractivity contribution >= 4 is 11.3 Å². The molecule has 2 N–H and O–H groups in total. The van der Waals surface area contributed by atoms with Crippen LogP contribution in [-0.4, -0.2) is 11.5 Å². The van der Waals surface area contributed by atoms with E-state index in [0.29, 0.717) is 12.4 Å². The SMILES string of the molecule is Cc1ccc(-c2ncc(CCN)o2)s1. The zero-order chi connectivity index (χ0) is 9.97. The zero-order valence-corrected chi connectivity index (χ0v) is 8.80. The van der Waals surface area contributed by atoms with E-state index in [1.807, 2.05) is 6.07 Å². The van der Waals surface area contributed by atoms with Gasteiger partial charge in [-0.3, -0.25) is 0 Å². The topological polar surface area (TPSA) is 52.0 Å². The molecule has 0 saturated carbocycles. The first-order valence-corrected chi connectivity index (χ1v) is 5.33. The van der Waals surface area contributed by atoms with Gasteiger partial charge in [-0.25, -0.2) is 4.98 Å². The van der Waals surface area contributed by atoms with Gasteiger partial charge in [0.25, 0.3) is 0 Å². The maximum atomic E-state index is 5.54. The van der Waals surface area contributed by atoms with Crippen LogP contribution in [0.15, 0.2) is 22.7 Å². The summed E-state index contributed by atoms with van der Waals surface area (Å²) in [5, 5.41) is 0. The summed E-state index contributed by atoms with van der Waals surface area (Å²) in [6, 6.07) is 4.09. The molecule has 4 heteroatoms. The Labute approximate surface area is 86.6 Å². The second-order valence-electron chi connectivity index (χ2n) is 3.08. The van der Waals surface area contributed by atoms with Crippen molar-refractivity contribution in [3.05, 3.63) is 29.0 Å². The average molecular weight is 208 g/mol. The Balaban J connectivity index is 2.24. The van der Waals surface area contributed by atoms with Gasteiger partial charge in [0, 0.05) is 11.3 Å². The highest BCUT2D eigenvalue weighted by molar-refractivity contribution is 7.15. The van der Waals surface area contributed by atoms with E-state index >= 15 is 0 Å². The summed E-state index contributed by atoms with van der Waals surface area (Å²) < 4.78 is 5.54. The summed E-state index contributed by atoms with van der Waals surface area (Å²) in [6.45, 7) is 2.66. The molecule has 0 atom stereocenters. The molecule has 0 fully saturated rings. The quantitative estimate of drug-likeness (QED) is 0.841. The fraction of sp³-hybridized carbons (Fsp3) is 0.300. The number of thiophene rings is 1. The van der Waals surface area contributed by atoms with E-state index in [0.717, 1.165) is 17.1 Å². The van der Waals surface area contributed by atoms with E-state index in [1.54, 1.807) is 17.5 Å². The molecule has 0 amide bonds. The van der Waals surface area contributed by atoms with Gasteiger partial charge in [0.05, 0.1) is 11.1 Å². The number of aromatic nitrogens is 1. The number of oxazole rings is 1. The van der Waals surface area contributed by atoms with Crippen molar-refractivity contribution in [2.45, 2.75) is 13.3 Å². The molecule has 0 aliphatic rings. The Kier molecular flexibility index (Phi) is 2.65. The minimum Gasteiger partial charge on any atom is -0.440 e. The van der Waals surface area contributed by atoms with Crippen LogP contribution in [0.4, 0.5) is 0 Å². The van der Waals surface area contributed by atoms with E-state index in [4.69, 9.17) is 10.2 Å². The lowest BCUT2D eigenvalue weighted by Gasteiger charge is -1.89. The standard InChI is InChI=1S/C10H12N2OS/c1-7-2-3-9(14-7)10-12-6-8(13-10)4-5-11/h2-3,6H,4-5,11H2,1H3. The lowest BCUT2D eigenvalue weighted by Crippen LogP contribution is -2.01. The van der Waals surface area contributed by atoms with Gasteiger partial charge in [-0.15, -0.1) is 11.3 Å². The molecule has 0 unspecified atom stereocenters. The summed E-state index contributed by atoms with van der Waals surface area (Å²) in [5.74, 6) is 1.56. The summed E-state index contributed by atoms with van der Waals surface area (Å²) >= 11 is 1.68. The third-order valence-electron chi connectivity index (χ3n) is 1.90. The first-order chi connectivity index (χ1) is 6.79. The van der Waals surface area contributed by atoms with Crippen LogP contribution < -0.4 is 5.73 Å². The first-order valence-electron chi connectivity index (χ1n) is 4.51. The van der Waals surface area contributed by atoms with Gasteiger partial charge in [-0.05, 0) is 25.6 Å². The molecule has 2 aromatic heterocycles. The molecular weight excluding hydrogens is 196 g/mol. The van der Waals surface area contributed by atoms with Crippen LogP contribution in [0.3, 0.4) is 0 Å². The van der Waals surface area contributed by atoms with E-state index in [-0.39, 0.29) is 0 Å². The number of nitrogens with zero attached hydrogens (tertiary/aromatic N) is 1.